The van der Waals surface area contributed by atoms with Crippen LogP contribution in [-0.2, 0) is 9.59 Å². The summed E-state index contributed by atoms with van der Waals surface area (Å²) in [5.74, 6) is 3.86. The Morgan fingerprint density at radius 2 is 2.45 bits per heavy atom. The fraction of sp³-hybridized carbons (Fsp3) is 0.600. The van der Waals surface area contributed by atoms with E-state index in [2.05, 4.69) is 0 Å². The van der Waals surface area contributed by atoms with Crippen molar-refractivity contribution in [2.75, 3.05) is 6.54 Å². The van der Waals surface area contributed by atoms with Crippen LogP contribution in [0.3, 0.4) is 0 Å². The van der Waals surface area contributed by atoms with Gasteiger partial charge in [-0.15, -0.1) is 0 Å². The van der Waals surface area contributed by atoms with Gasteiger partial charge in [0.15, 0.2) is 0 Å². The number of carbonyl (C=O) groups is 2. The van der Waals surface area contributed by atoms with Crippen LogP contribution < -0.4 is 11.3 Å². The van der Waals surface area contributed by atoms with E-state index in [4.69, 9.17) is 11.0 Å². The normalized spacial score (nSPS) is 11.9. The molecule has 0 aliphatic rings. The minimum atomic E-state index is -0.518. The lowest BCUT2D eigenvalue weighted by atomic mass is 10.2. The topological polar surface area (TPSA) is 95.7 Å². The van der Waals surface area contributed by atoms with Gasteiger partial charge >= 0.3 is 0 Å². The summed E-state index contributed by atoms with van der Waals surface area (Å²) >= 11 is 0. The van der Waals surface area contributed by atoms with Crippen molar-refractivity contribution >= 4 is 12.3 Å². The standard InChI is InChI=1S/C5H11N3O3/c1-4(5(10)7-6)2-8(11)3-9/h3-4,11H,2,6H2,1H3,(H,7,10)/t4-/m1/s1. The summed E-state index contributed by atoms with van der Waals surface area (Å²) in [5, 5.41) is 9.01. The van der Waals surface area contributed by atoms with Gasteiger partial charge in [-0.1, -0.05) is 6.92 Å². The van der Waals surface area contributed by atoms with Crippen molar-refractivity contribution < 1.29 is 14.8 Å². The zero-order chi connectivity index (χ0) is 8.85. The molecule has 0 saturated heterocycles. The zero-order valence-corrected chi connectivity index (χ0v) is 6.15. The van der Waals surface area contributed by atoms with Crippen LogP contribution >= 0.6 is 0 Å². The molecule has 0 aliphatic carbocycles. The van der Waals surface area contributed by atoms with E-state index in [1.807, 2.05) is 5.43 Å². The van der Waals surface area contributed by atoms with E-state index >= 15 is 0 Å². The van der Waals surface area contributed by atoms with Crippen LogP contribution in [-0.4, -0.2) is 29.1 Å². The van der Waals surface area contributed by atoms with Gasteiger partial charge < -0.3 is 0 Å². The van der Waals surface area contributed by atoms with Gasteiger partial charge in [-0.2, -0.15) is 0 Å². The van der Waals surface area contributed by atoms with E-state index < -0.39 is 11.8 Å². The summed E-state index contributed by atoms with van der Waals surface area (Å²) in [7, 11) is 0. The molecule has 64 valence electrons. The first-order valence-corrected chi connectivity index (χ1v) is 3.03. The van der Waals surface area contributed by atoms with Crippen molar-refractivity contribution in [1.29, 1.82) is 0 Å². The Balaban J connectivity index is 3.76. The quantitative estimate of drug-likeness (QED) is 0.153. The van der Waals surface area contributed by atoms with E-state index in [9.17, 15) is 9.59 Å². The van der Waals surface area contributed by atoms with Gasteiger partial charge in [0, 0.05) is 0 Å². The third kappa shape index (κ3) is 3.54. The Labute approximate surface area is 63.9 Å². The molecule has 0 aliphatic heterocycles. The third-order valence-electron chi connectivity index (χ3n) is 1.17. The molecule has 0 aromatic heterocycles. The number of hydrogen-bond donors (Lipinski definition) is 3. The maximum Gasteiger partial charge on any atom is 0.238 e. The van der Waals surface area contributed by atoms with Gasteiger partial charge in [0.1, 0.15) is 0 Å². The predicted octanol–water partition coefficient (Wildman–Crippen LogP) is -1.54. The summed E-state index contributed by atoms with van der Waals surface area (Å²) < 4.78 is 0. The van der Waals surface area contributed by atoms with E-state index in [1.54, 1.807) is 0 Å². The van der Waals surface area contributed by atoms with Crippen molar-refractivity contribution in [1.82, 2.24) is 10.5 Å². The van der Waals surface area contributed by atoms with Gasteiger partial charge in [0.05, 0.1) is 12.5 Å². The molecule has 0 saturated carbocycles. The van der Waals surface area contributed by atoms with Gasteiger partial charge in [-0.3, -0.25) is 20.2 Å². The number of amides is 2. The molecule has 11 heavy (non-hydrogen) atoms. The fourth-order valence-electron chi connectivity index (χ4n) is 0.549. The highest BCUT2D eigenvalue weighted by Gasteiger charge is 2.13. The summed E-state index contributed by atoms with van der Waals surface area (Å²) in [5.41, 5.74) is 1.90. The molecule has 2 amide bonds. The minimum Gasteiger partial charge on any atom is -0.294 e. The lowest BCUT2D eigenvalue weighted by Gasteiger charge is -2.13. The average Bonchev–Trinajstić information content (AvgIpc) is 2.02. The second kappa shape index (κ2) is 4.64. The molecule has 6 heteroatoms. The summed E-state index contributed by atoms with van der Waals surface area (Å²) in [6.07, 6.45) is 0.223. The first-order chi connectivity index (χ1) is 5.11. The second-order valence-corrected chi connectivity index (χ2v) is 2.14. The number of hydrogen-bond acceptors (Lipinski definition) is 4. The first-order valence-electron chi connectivity index (χ1n) is 3.03. The van der Waals surface area contributed by atoms with Gasteiger partial charge in [0.25, 0.3) is 0 Å². The van der Waals surface area contributed by atoms with Crippen LogP contribution in [0.25, 0.3) is 0 Å². The Hall–Kier alpha value is -1.14. The van der Waals surface area contributed by atoms with Gasteiger partial charge in [-0.25, -0.2) is 10.9 Å². The zero-order valence-electron chi connectivity index (χ0n) is 6.15. The molecule has 0 heterocycles. The average molecular weight is 161 g/mol. The molecule has 0 aromatic rings. The van der Waals surface area contributed by atoms with Gasteiger partial charge in [-0.05, 0) is 0 Å². The van der Waals surface area contributed by atoms with Crippen LogP contribution in [0.5, 0.6) is 0 Å². The number of hydroxylamine groups is 2. The lowest BCUT2D eigenvalue weighted by molar-refractivity contribution is -0.154. The fourth-order valence-corrected chi connectivity index (χ4v) is 0.549. The van der Waals surface area contributed by atoms with Crippen LogP contribution in [0.15, 0.2) is 0 Å². The van der Waals surface area contributed by atoms with Crippen molar-refractivity contribution in [3.63, 3.8) is 0 Å². The highest BCUT2D eigenvalue weighted by Crippen LogP contribution is 1.94. The molecule has 0 rings (SSSR count). The molecule has 6 nitrogen and oxygen atoms in total. The van der Waals surface area contributed by atoms with Crippen molar-refractivity contribution in [3.05, 3.63) is 0 Å². The lowest BCUT2D eigenvalue weighted by Crippen LogP contribution is -2.39. The third-order valence-corrected chi connectivity index (χ3v) is 1.17. The molecule has 0 spiro atoms. The van der Waals surface area contributed by atoms with Crippen LogP contribution in [0.1, 0.15) is 6.92 Å². The Kier molecular flexibility index (Phi) is 4.16. The highest BCUT2D eigenvalue weighted by atomic mass is 16.5. The molecule has 0 aromatic carbocycles. The van der Waals surface area contributed by atoms with E-state index in [-0.39, 0.29) is 13.0 Å². The summed E-state index contributed by atoms with van der Waals surface area (Å²) in [6.45, 7) is 1.47. The Bertz CT molecular complexity index is 150. The Morgan fingerprint density at radius 1 is 1.91 bits per heavy atom. The molecular formula is C5H11N3O3. The number of hydrazine groups is 1. The van der Waals surface area contributed by atoms with Crippen LogP contribution in [0.2, 0.25) is 0 Å². The number of rotatable bonds is 4. The molecule has 1 atom stereocenters. The predicted molar refractivity (Wildman–Crippen MR) is 36.1 cm³/mol. The molecular weight excluding hydrogens is 150 g/mol. The Morgan fingerprint density at radius 3 is 2.82 bits per heavy atom. The van der Waals surface area contributed by atoms with Crippen LogP contribution in [0.4, 0.5) is 0 Å². The van der Waals surface area contributed by atoms with Gasteiger partial charge in [0.2, 0.25) is 12.3 Å². The summed E-state index contributed by atoms with van der Waals surface area (Å²) in [4.78, 5) is 20.5. The minimum absolute atomic E-state index is 0.0630. The van der Waals surface area contributed by atoms with E-state index in [0.717, 1.165) is 0 Å². The van der Waals surface area contributed by atoms with Crippen molar-refractivity contribution in [3.8, 4) is 0 Å². The monoisotopic (exact) mass is 161 g/mol. The largest absolute Gasteiger partial charge is 0.294 e. The molecule has 0 radical (unpaired) electrons. The SMILES string of the molecule is C[C@H](CN(O)C=O)C(=O)NN. The maximum absolute atomic E-state index is 10.7. The van der Waals surface area contributed by atoms with Crippen molar-refractivity contribution in [2.45, 2.75) is 6.92 Å². The molecule has 0 fully saturated rings. The molecule has 4 N–H and O–H groups in total. The number of carbonyl (C=O) groups excluding carboxylic acids is 2. The number of nitrogens with two attached hydrogens (primary N) is 1. The van der Waals surface area contributed by atoms with E-state index in [1.165, 1.54) is 6.92 Å². The second-order valence-electron chi connectivity index (χ2n) is 2.14. The molecule has 0 unspecified atom stereocenters. The van der Waals surface area contributed by atoms with Crippen molar-refractivity contribution in [2.24, 2.45) is 11.8 Å². The maximum atomic E-state index is 10.7. The summed E-state index contributed by atoms with van der Waals surface area (Å²) in [6, 6.07) is 0. The molecule has 0 bridgehead atoms. The smallest absolute Gasteiger partial charge is 0.238 e. The first kappa shape index (κ1) is 9.86. The number of nitrogens with one attached hydrogen (secondary N) is 1. The van der Waals surface area contributed by atoms with E-state index in [0.29, 0.717) is 5.06 Å². The number of nitrogens with zero attached hydrogens (tertiary/aromatic N) is 1. The van der Waals surface area contributed by atoms with Crippen LogP contribution in [0, 0.1) is 5.92 Å². The highest BCUT2D eigenvalue weighted by molar-refractivity contribution is 5.77.